The SMILES string of the molecule is c1ccc(-c2nc(-c3ccc4oc5cc(-c6nc(-c7ccccc7)c7sc8ccccc8c7n6)ccc5c4c3)nc(-c3cccc4c3c3ccccc3n4-c3ccccc3)n2)cc1. The second-order valence-electron chi connectivity index (χ2n) is 15.6. The molecule has 0 radical (unpaired) electrons. The van der Waals surface area contributed by atoms with Gasteiger partial charge in [0, 0.05) is 65.1 Å². The summed E-state index contributed by atoms with van der Waals surface area (Å²) in [4.78, 5) is 25.9. The van der Waals surface area contributed by atoms with E-state index in [0.717, 1.165) is 98.5 Å². The Bertz CT molecular complexity index is 3910. The van der Waals surface area contributed by atoms with E-state index in [9.17, 15) is 0 Å². The number of fused-ring (bicyclic) bond motifs is 9. The first kappa shape index (κ1) is 35.4. The number of para-hydroxylation sites is 2. The van der Waals surface area contributed by atoms with Gasteiger partial charge in [-0.2, -0.15) is 0 Å². The average molecular weight is 825 g/mol. The molecule has 13 rings (SSSR count). The lowest BCUT2D eigenvalue weighted by atomic mass is 10.0. The monoisotopic (exact) mass is 824 g/mol. The minimum atomic E-state index is 0.577. The molecule has 0 N–H and O–H groups in total. The van der Waals surface area contributed by atoms with E-state index < -0.39 is 0 Å². The fourth-order valence-corrected chi connectivity index (χ4v) is 10.1. The van der Waals surface area contributed by atoms with E-state index in [2.05, 4.69) is 144 Å². The van der Waals surface area contributed by atoms with E-state index in [-0.39, 0.29) is 0 Å². The van der Waals surface area contributed by atoms with Crippen LogP contribution in [0.4, 0.5) is 0 Å². The first-order valence-electron chi connectivity index (χ1n) is 20.8. The summed E-state index contributed by atoms with van der Waals surface area (Å²) < 4.78 is 11.2. The Balaban J connectivity index is 0.965. The zero-order valence-electron chi connectivity index (χ0n) is 33.5. The largest absolute Gasteiger partial charge is 0.456 e. The quantitative estimate of drug-likeness (QED) is 0.166. The van der Waals surface area contributed by atoms with Crippen molar-refractivity contribution in [3.05, 3.63) is 194 Å². The van der Waals surface area contributed by atoms with Gasteiger partial charge in [0.15, 0.2) is 23.3 Å². The Kier molecular flexibility index (Phi) is 7.94. The molecule has 0 spiro atoms. The first-order valence-corrected chi connectivity index (χ1v) is 21.6. The number of furan rings is 1. The van der Waals surface area contributed by atoms with Crippen LogP contribution < -0.4 is 0 Å². The summed E-state index contributed by atoms with van der Waals surface area (Å²) in [6.45, 7) is 0. The lowest BCUT2D eigenvalue weighted by Crippen LogP contribution is -2.00. The topological polar surface area (TPSA) is 82.5 Å². The van der Waals surface area contributed by atoms with Crippen LogP contribution in [-0.2, 0) is 0 Å². The third-order valence-electron chi connectivity index (χ3n) is 11.9. The molecule has 63 heavy (non-hydrogen) atoms. The fraction of sp³-hybridized carbons (Fsp3) is 0. The van der Waals surface area contributed by atoms with Gasteiger partial charge >= 0.3 is 0 Å². The summed E-state index contributed by atoms with van der Waals surface area (Å²) in [5.41, 5.74) is 11.4. The van der Waals surface area contributed by atoms with Gasteiger partial charge in [-0.25, -0.2) is 24.9 Å². The maximum Gasteiger partial charge on any atom is 0.164 e. The molecule has 294 valence electrons. The van der Waals surface area contributed by atoms with Gasteiger partial charge in [0.05, 0.1) is 26.9 Å². The van der Waals surface area contributed by atoms with Crippen molar-refractivity contribution in [3.63, 3.8) is 0 Å². The van der Waals surface area contributed by atoms with Crippen LogP contribution in [0.15, 0.2) is 199 Å². The summed E-state index contributed by atoms with van der Waals surface area (Å²) in [5, 5.41) is 5.30. The Morgan fingerprint density at radius 1 is 0.397 bits per heavy atom. The van der Waals surface area contributed by atoms with Gasteiger partial charge in [0.1, 0.15) is 11.2 Å². The lowest BCUT2D eigenvalue weighted by Gasteiger charge is -2.10. The predicted octanol–water partition coefficient (Wildman–Crippen LogP) is 14.4. The van der Waals surface area contributed by atoms with E-state index in [1.807, 2.05) is 54.6 Å². The molecule has 0 aliphatic carbocycles. The summed E-state index contributed by atoms with van der Waals surface area (Å²) >= 11 is 1.73. The Labute approximate surface area is 364 Å². The van der Waals surface area contributed by atoms with Crippen LogP contribution in [0.25, 0.3) is 127 Å². The van der Waals surface area contributed by atoms with Crippen molar-refractivity contribution in [1.82, 2.24) is 29.5 Å². The summed E-state index contributed by atoms with van der Waals surface area (Å²) in [5.74, 6) is 2.44. The highest BCUT2D eigenvalue weighted by molar-refractivity contribution is 7.26. The lowest BCUT2D eigenvalue weighted by molar-refractivity contribution is 0.669. The second-order valence-corrected chi connectivity index (χ2v) is 16.7. The van der Waals surface area contributed by atoms with Gasteiger partial charge in [-0.05, 0) is 60.7 Å². The number of aromatic nitrogens is 6. The van der Waals surface area contributed by atoms with Crippen LogP contribution >= 0.6 is 11.3 Å². The number of hydrogen-bond donors (Lipinski definition) is 0. The zero-order chi connectivity index (χ0) is 41.4. The van der Waals surface area contributed by atoms with E-state index in [4.69, 9.17) is 29.3 Å². The molecule has 0 saturated heterocycles. The first-order chi connectivity index (χ1) is 31.2. The molecule has 0 amide bonds. The molecule has 8 heteroatoms. The van der Waals surface area contributed by atoms with Gasteiger partial charge in [-0.15, -0.1) is 11.3 Å². The summed E-state index contributed by atoms with van der Waals surface area (Å²) in [7, 11) is 0. The molecular weight excluding hydrogens is 793 g/mol. The molecule has 0 aliphatic heterocycles. The zero-order valence-corrected chi connectivity index (χ0v) is 34.3. The Morgan fingerprint density at radius 2 is 1.03 bits per heavy atom. The van der Waals surface area contributed by atoms with Crippen molar-refractivity contribution in [2.75, 3.05) is 0 Å². The van der Waals surface area contributed by atoms with Crippen LogP contribution in [0, 0.1) is 0 Å². The molecule has 0 saturated carbocycles. The van der Waals surface area contributed by atoms with E-state index in [1.165, 1.54) is 4.70 Å². The normalized spacial score (nSPS) is 11.8. The van der Waals surface area contributed by atoms with Crippen LogP contribution in [0.1, 0.15) is 0 Å². The minimum Gasteiger partial charge on any atom is -0.456 e. The van der Waals surface area contributed by atoms with E-state index in [0.29, 0.717) is 23.3 Å². The smallest absolute Gasteiger partial charge is 0.164 e. The van der Waals surface area contributed by atoms with Crippen LogP contribution in [0.2, 0.25) is 0 Å². The molecule has 0 bridgehead atoms. The number of hydrogen-bond acceptors (Lipinski definition) is 7. The van der Waals surface area contributed by atoms with Crippen LogP contribution in [0.5, 0.6) is 0 Å². The van der Waals surface area contributed by atoms with Gasteiger partial charge in [-0.1, -0.05) is 133 Å². The molecule has 13 aromatic rings. The van der Waals surface area contributed by atoms with Crippen molar-refractivity contribution in [1.29, 1.82) is 0 Å². The van der Waals surface area contributed by atoms with Gasteiger partial charge in [0.2, 0.25) is 0 Å². The maximum absolute atomic E-state index is 6.57. The van der Waals surface area contributed by atoms with Gasteiger partial charge < -0.3 is 8.98 Å². The number of benzene rings is 8. The third kappa shape index (κ3) is 5.76. The molecule has 0 atom stereocenters. The summed E-state index contributed by atoms with van der Waals surface area (Å²) in [6, 6.07) is 66.7. The molecule has 5 aromatic heterocycles. The highest BCUT2D eigenvalue weighted by Crippen LogP contribution is 2.42. The van der Waals surface area contributed by atoms with Gasteiger partial charge in [-0.3, -0.25) is 0 Å². The fourth-order valence-electron chi connectivity index (χ4n) is 8.97. The van der Waals surface area contributed by atoms with E-state index in [1.54, 1.807) is 11.3 Å². The molecule has 5 heterocycles. The minimum absolute atomic E-state index is 0.577. The van der Waals surface area contributed by atoms with Crippen molar-refractivity contribution >= 4 is 75.4 Å². The molecular formula is C55H32N6OS. The van der Waals surface area contributed by atoms with Gasteiger partial charge in [0.25, 0.3) is 0 Å². The third-order valence-corrected chi connectivity index (χ3v) is 13.0. The van der Waals surface area contributed by atoms with Crippen LogP contribution in [-0.4, -0.2) is 29.5 Å². The number of rotatable bonds is 6. The molecule has 0 unspecified atom stereocenters. The average Bonchev–Trinajstić information content (AvgIpc) is 4.03. The Hall–Kier alpha value is -8.33. The van der Waals surface area contributed by atoms with Crippen molar-refractivity contribution in [2.24, 2.45) is 0 Å². The Morgan fingerprint density at radius 3 is 1.86 bits per heavy atom. The second kappa shape index (κ2) is 14.1. The maximum atomic E-state index is 6.57. The molecule has 7 nitrogen and oxygen atoms in total. The predicted molar refractivity (Wildman–Crippen MR) is 257 cm³/mol. The molecule has 0 fully saturated rings. The highest BCUT2D eigenvalue weighted by Gasteiger charge is 2.21. The van der Waals surface area contributed by atoms with E-state index >= 15 is 0 Å². The highest BCUT2D eigenvalue weighted by atomic mass is 32.1. The number of thiophene rings is 1. The standard InChI is InChI=1S/C55H32N6OS/c1-4-15-33(16-5-1)49-51-50(40-22-11-13-26-47(40)63-51)57-53(56-49)36-27-29-38-42-31-35(28-30-45(42)62-46(38)32-36)54-58-52(34-17-6-2-7-18-34)59-55(60-54)41-23-14-25-44-48(41)39-21-10-12-24-43(39)61(44)37-19-8-3-9-20-37/h1-32H. The summed E-state index contributed by atoms with van der Waals surface area (Å²) in [6.07, 6.45) is 0. The number of nitrogens with zero attached hydrogens (tertiary/aromatic N) is 6. The van der Waals surface area contributed by atoms with Crippen molar-refractivity contribution < 1.29 is 4.42 Å². The molecule has 0 aliphatic rings. The van der Waals surface area contributed by atoms with Crippen molar-refractivity contribution in [2.45, 2.75) is 0 Å². The molecule has 8 aromatic carbocycles. The van der Waals surface area contributed by atoms with Crippen molar-refractivity contribution in [3.8, 4) is 62.5 Å². The van der Waals surface area contributed by atoms with Crippen LogP contribution in [0.3, 0.4) is 0 Å².